The summed E-state index contributed by atoms with van der Waals surface area (Å²) < 4.78 is 13.7. The van der Waals surface area contributed by atoms with Crippen LogP contribution < -0.4 is 0 Å². The minimum atomic E-state index is -0.312. The zero-order valence-electron chi connectivity index (χ0n) is 9.81. The van der Waals surface area contributed by atoms with Crippen LogP contribution in [-0.2, 0) is 11.2 Å². The molecule has 1 aromatic rings. The Labute approximate surface area is 104 Å². The molecular formula is C13H16BrFO. The molecule has 0 aliphatic heterocycles. The van der Waals surface area contributed by atoms with Gasteiger partial charge in [0.2, 0.25) is 0 Å². The first-order valence-electron chi connectivity index (χ1n) is 5.23. The molecule has 1 nitrogen and oxygen atoms in total. The molecule has 0 saturated carbocycles. The highest BCUT2D eigenvalue weighted by atomic mass is 79.9. The van der Waals surface area contributed by atoms with E-state index in [1.165, 1.54) is 12.1 Å². The number of hydrogen-bond donors (Lipinski definition) is 0. The lowest BCUT2D eigenvalue weighted by Crippen LogP contribution is -2.14. The van der Waals surface area contributed by atoms with Gasteiger partial charge in [0.1, 0.15) is 11.6 Å². The van der Waals surface area contributed by atoms with Gasteiger partial charge in [0, 0.05) is 17.3 Å². The summed E-state index contributed by atoms with van der Waals surface area (Å²) in [4.78, 5) is 11.7. The maximum Gasteiger partial charge on any atom is 0.137 e. The molecule has 0 radical (unpaired) electrons. The number of benzene rings is 1. The molecular weight excluding hydrogens is 271 g/mol. The topological polar surface area (TPSA) is 17.1 Å². The van der Waals surface area contributed by atoms with Crippen LogP contribution in [0.25, 0.3) is 0 Å². The lowest BCUT2D eigenvalue weighted by Gasteiger charge is -2.16. The summed E-state index contributed by atoms with van der Waals surface area (Å²) in [7, 11) is 0. The molecule has 0 N–H and O–H groups in total. The Morgan fingerprint density at radius 3 is 2.44 bits per heavy atom. The summed E-state index contributed by atoms with van der Waals surface area (Å²) in [5.74, 6) is -0.169. The summed E-state index contributed by atoms with van der Waals surface area (Å²) in [6.45, 7) is 6.06. The van der Waals surface area contributed by atoms with Gasteiger partial charge in [-0.1, -0.05) is 36.7 Å². The van der Waals surface area contributed by atoms with Crippen molar-refractivity contribution in [2.24, 2.45) is 5.41 Å². The van der Waals surface area contributed by atoms with Crippen LogP contribution in [0.4, 0.5) is 4.39 Å². The van der Waals surface area contributed by atoms with Crippen LogP contribution in [-0.4, -0.2) is 5.78 Å². The van der Waals surface area contributed by atoms with E-state index < -0.39 is 0 Å². The van der Waals surface area contributed by atoms with Crippen molar-refractivity contribution in [1.29, 1.82) is 0 Å². The number of carbonyl (C=O) groups excluding carboxylic acids is 1. The van der Waals surface area contributed by atoms with E-state index in [4.69, 9.17) is 0 Å². The van der Waals surface area contributed by atoms with Crippen molar-refractivity contribution < 1.29 is 9.18 Å². The van der Waals surface area contributed by atoms with Gasteiger partial charge in [0.25, 0.3) is 0 Å². The van der Waals surface area contributed by atoms with Gasteiger partial charge in [0.05, 0.1) is 0 Å². The van der Waals surface area contributed by atoms with Crippen molar-refractivity contribution in [2.45, 2.75) is 33.6 Å². The highest BCUT2D eigenvalue weighted by Crippen LogP contribution is 2.21. The van der Waals surface area contributed by atoms with Gasteiger partial charge < -0.3 is 0 Å². The Bertz CT molecular complexity index is 373. The first-order chi connectivity index (χ1) is 7.26. The van der Waals surface area contributed by atoms with Crippen molar-refractivity contribution in [3.05, 3.63) is 34.1 Å². The van der Waals surface area contributed by atoms with Crippen LogP contribution in [0.15, 0.2) is 22.7 Å². The molecule has 0 unspecified atom stereocenters. The second-order valence-electron chi connectivity index (χ2n) is 5.23. The molecule has 88 valence electrons. The predicted octanol–water partition coefficient (Wildman–Crippen LogP) is 4.14. The second-order valence-corrected chi connectivity index (χ2v) is 6.15. The van der Waals surface area contributed by atoms with E-state index in [1.807, 2.05) is 20.8 Å². The van der Waals surface area contributed by atoms with Gasteiger partial charge in [0.15, 0.2) is 0 Å². The summed E-state index contributed by atoms with van der Waals surface area (Å²) in [6, 6.07) is 4.58. The number of halogens is 2. The monoisotopic (exact) mass is 286 g/mol. The molecule has 0 spiro atoms. The largest absolute Gasteiger partial charge is 0.299 e. The number of ketones is 1. The molecule has 0 aliphatic rings. The third-order valence-electron chi connectivity index (χ3n) is 2.05. The highest BCUT2D eigenvalue weighted by molar-refractivity contribution is 9.10. The lowest BCUT2D eigenvalue weighted by molar-refractivity contribution is -0.120. The van der Waals surface area contributed by atoms with E-state index in [0.717, 1.165) is 5.56 Å². The zero-order chi connectivity index (χ0) is 12.3. The molecule has 0 heterocycles. The van der Waals surface area contributed by atoms with Crippen LogP contribution >= 0.6 is 15.9 Å². The Morgan fingerprint density at radius 2 is 1.94 bits per heavy atom. The molecule has 3 heteroatoms. The molecule has 0 amide bonds. The number of carbonyl (C=O) groups is 1. The van der Waals surface area contributed by atoms with Crippen molar-refractivity contribution in [3.8, 4) is 0 Å². The maximum atomic E-state index is 13.1. The average molecular weight is 287 g/mol. The standard InChI is InChI=1S/C13H16BrFO/c1-13(2,3)8-12(16)6-9-4-10(14)7-11(15)5-9/h4-5,7H,6,8H2,1-3H3. The van der Waals surface area contributed by atoms with Gasteiger partial charge >= 0.3 is 0 Å². The van der Waals surface area contributed by atoms with Gasteiger partial charge in [-0.3, -0.25) is 4.79 Å². The van der Waals surface area contributed by atoms with E-state index in [2.05, 4.69) is 15.9 Å². The molecule has 0 saturated heterocycles. The Balaban J connectivity index is 2.70. The van der Waals surface area contributed by atoms with Crippen molar-refractivity contribution in [1.82, 2.24) is 0 Å². The van der Waals surface area contributed by atoms with E-state index in [0.29, 0.717) is 17.3 Å². The quantitative estimate of drug-likeness (QED) is 0.816. The van der Waals surface area contributed by atoms with Crippen molar-refractivity contribution >= 4 is 21.7 Å². The number of hydrogen-bond acceptors (Lipinski definition) is 1. The van der Waals surface area contributed by atoms with E-state index >= 15 is 0 Å². The van der Waals surface area contributed by atoms with Gasteiger partial charge in [-0.15, -0.1) is 0 Å². The normalized spacial score (nSPS) is 11.6. The molecule has 16 heavy (non-hydrogen) atoms. The van der Waals surface area contributed by atoms with Gasteiger partial charge in [-0.2, -0.15) is 0 Å². The fraction of sp³-hybridized carbons (Fsp3) is 0.462. The number of rotatable bonds is 3. The Hall–Kier alpha value is -0.700. The molecule has 0 atom stereocenters. The molecule has 0 fully saturated rings. The van der Waals surface area contributed by atoms with Crippen LogP contribution in [0.2, 0.25) is 0 Å². The van der Waals surface area contributed by atoms with E-state index in [1.54, 1.807) is 6.07 Å². The first-order valence-corrected chi connectivity index (χ1v) is 6.02. The van der Waals surface area contributed by atoms with Crippen LogP contribution in [0.5, 0.6) is 0 Å². The fourth-order valence-corrected chi connectivity index (χ4v) is 2.11. The van der Waals surface area contributed by atoms with E-state index in [9.17, 15) is 9.18 Å². The first kappa shape index (κ1) is 13.4. The minimum Gasteiger partial charge on any atom is -0.299 e. The van der Waals surface area contributed by atoms with Crippen molar-refractivity contribution in [2.75, 3.05) is 0 Å². The smallest absolute Gasteiger partial charge is 0.137 e. The average Bonchev–Trinajstić information content (AvgIpc) is 1.96. The molecule has 1 rings (SSSR count). The summed E-state index contributed by atoms with van der Waals surface area (Å²) in [5, 5.41) is 0. The van der Waals surface area contributed by atoms with Gasteiger partial charge in [-0.25, -0.2) is 4.39 Å². The summed E-state index contributed by atoms with van der Waals surface area (Å²) >= 11 is 3.21. The predicted molar refractivity (Wildman–Crippen MR) is 66.9 cm³/mol. The van der Waals surface area contributed by atoms with Crippen molar-refractivity contribution in [3.63, 3.8) is 0 Å². The van der Waals surface area contributed by atoms with Crippen LogP contribution in [0, 0.1) is 11.2 Å². The highest BCUT2D eigenvalue weighted by Gasteiger charge is 2.16. The minimum absolute atomic E-state index is 0.0123. The third-order valence-corrected chi connectivity index (χ3v) is 2.51. The summed E-state index contributed by atoms with van der Waals surface area (Å²) in [5.41, 5.74) is 0.711. The maximum absolute atomic E-state index is 13.1. The third kappa shape index (κ3) is 4.88. The van der Waals surface area contributed by atoms with E-state index in [-0.39, 0.29) is 17.0 Å². The number of Topliss-reactive ketones (excluding diaryl/α,β-unsaturated/α-hetero) is 1. The van der Waals surface area contributed by atoms with Gasteiger partial charge in [-0.05, 0) is 29.2 Å². The molecule has 0 aliphatic carbocycles. The molecule has 1 aromatic carbocycles. The second kappa shape index (κ2) is 5.09. The Morgan fingerprint density at radius 1 is 1.31 bits per heavy atom. The fourth-order valence-electron chi connectivity index (χ4n) is 1.59. The Kier molecular flexibility index (Phi) is 4.25. The van der Waals surface area contributed by atoms with Crippen LogP contribution in [0.3, 0.4) is 0 Å². The lowest BCUT2D eigenvalue weighted by atomic mass is 9.88. The summed E-state index contributed by atoms with van der Waals surface area (Å²) in [6.07, 6.45) is 0.814. The molecule has 0 bridgehead atoms. The van der Waals surface area contributed by atoms with Crippen LogP contribution in [0.1, 0.15) is 32.8 Å². The SMILES string of the molecule is CC(C)(C)CC(=O)Cc1cc(F)cc(Br)c1. The molecule has 0 aromatic heterocycles. The zero-order valence-corrected chi connectivity index (χ0v) is 11.4.